The zero-order valence-corrected chi connectivity index (χ0v) is 27.4. The second-order valence-electron chi connectivity index (χ2n) is 14.0. The Kier molecular flexibility index (Phi) is 9.55. The molecule has 0 radical (unpaired) electrons. The van der Waals surface area contributed by atoms with E-state index < -0.39 is 58.7 Å². The predicted octanol–water partition coefficient (Wildman–Crippen LogP) is 4.67. The van der Waals surface area contributed by atoms with Crippen LogP contribution in [0, 0.1) is 16.7 Å². The molecule has 0 aliphatic heterocycles. The number of aliphatic hydroxyl groups is 2. The second kappa shape index (κ2) is 12.4. The van der Waals surface area contributed by atoms with Crippen molar-refractivity contribution in [1.82, 2.24) is 4.90 Å². The van der Waals surface area contributed by atoms with Crippen LogP contribution in [0.5, 0.6) is 0 Å². The molecule has 2 saturated carbocycles. The predicted molar refractivity (Wildman–Crippen MR) is 165 cm³/mol. The zero-order valence-electron chi connectivity index (χ0n) is 27.4. The van der Waals surface area contributed by atoms with E-state index in [0.29, 0.717) is 29.6 Å². The Morgan fingerprint density at radius 1 is 1.00 bits per heavy atom. The van der Waals surface area contributed by atoms with Gasteiger partial charge in [0.15, 0.2) is 0 Å². The van der Waals surface area contributed by atoms with Crippen LogP contribution in [0.2, 0.25) is 0 Å². The molecule has 2 N–H and O–H groups in total. The van der Waals surface area contributed by atoms with E-state index >= 15 is 0 Å². The quantitative estimate of drug-likeness (QED) is 0.257. The number of nitrogens with zero attached hydrogens (tertiary/aromatic N) is 1. The lowest BCUT2D eigenvalue weighted by atomic mass is 9.49. The molecule has 2 fully saturated rings. The number of aliphatic hydroxyl groups excluding tert-OH is 1. The Bertz CT molecular complexity index is 1320. The molecule has 0 aromatic heterocycles. The van der Waals surface area contributed by atoms with Gasteiger partial charge in [-0.15, -0.1) is 0 Å². The highest BCUT2D eigenvalue weighted by Crippen LogP contribution is 2.61. The number of esters is 3. The van der Waals surface area contributed by atoms with Gasteiger partial charge in [-0.05, 0) is 68.5 Å². The summed E-state index contributed by atoms with van der Waals surface area (Å²) in [6.07, 6.45) is -2.28. The highest BCUT2D eigenvalue weighted by Gasteiger charge is 2.63. The van der Waals surface area contributed by atoms with Crippen LogP contribution in [0.1, 0.15) is 85.3 Å². The maximum absolute atomic E-state index is 13.4. The van der Waals surface area contributed by atoms with Gasteiger partial charge in [0.25, 0.3) is 0 Å². The summed E-state index contributed by atoms with van der Waals surface area (Å²) in [6.45, 7) is 14.5. The molecule has 1 unspecified atom stereocenters. The number of carbonyl (C=O) groups is 3. The zero-order chi connectivity index (χ0) is 32.8. The molecule has 2 bridgehead atoms. The summed E-state index contributed by atoms with van der Waals surface area (Å²) in [5.74, 6) is -1.89. The van der Waals surface area contributed by atoms with E-state index in [4.69, 9.17) is 14.2 Å². The molecule has 1 aromatic carbocycles. The highest BCUT2D eigenvalue weighted by atomic mass is 16.6. The highest BCUT2D eigenvalue weighted by molar-refractivity contribution is 5.71. The summed E-state index contributed by atoms with van der Waals surface area (Å²) in [7, 11) is 3.84. The molecule has 9 nitrogen and oxygen atoms in total. The molecule has 0 spiro atoms. The second-order valence-corrected chi connectivity index (χ2v) is 14.0. The SMILES string of the molecule is C=C1[C@@H](OC(=O)CC(c2ccccc2)N(C)C)CC[C@]2(C)[C@@H]1C[C@]1(O)C[C@H](OC(C)=O)C(C)=C([C@@H](O)[C@@H]2OC(C)=O)C1(C)C. The van der Waals surface area contributed by atoms with E-state index in [1.807, 2.05) is 70.1 Å². The van der Waals surface area contributed by atoms with Crippen LogP contribution in [-0.2, 0) is 28.6 Å². The maximum Gasteiger partial charge on any atom is 0.308 e. The number of carbonyl (C=O) groups excluding carboxylic acids is 3. The third kappa shape index (κ3) is 6.11. The van der Waals surface area contributed by atoms with Crippen LogP contribution >= 0.6 is 0 Å². The number of hydrogen-bond acceptors (Lipinski definition) is 9. The Morgan fingerprint density at radius 2 is 1.61 bits per heavy atom. The number of fused-ring (bicyclic) bond motifs is 3. The van der Waals surface area contributed by atoms with Gasteiger partial charge in [-0.25, -0.2) is 0 Å². The molecule has 3 aliphatic rings. The lowest BCUT2D eigenvalue weighted by molar-refractivity contribution is -0.193. The summed E-state index contributed by atoms with van der Waals surface area (Å²) >= 11 is 0. The van der Waals surface area contributed by atoms with Gasteiger partial charge in [-0.1, -0.05) is 57.7 Å². The third-order valence-electron chi connectivity index (χ3n) is 10.7. The minimum atomic E-state index is -1.42. The van der Waals surface area contributed by atoms with E-state index in [2.05, 4.69) is 6.58 Å². The van der Waals surface area contributed by atoms with Gasteiger partial charge in [0.1, 0.15) is 24.4 Å². The van der Waals surface area contributed by atoms with Gasteiger partial charge < -0.3 is 29.3 Å². The minimum absolute atomic E-state index is 0.131. The number of benzene rings is 1. The lowest BCUT2D eigenvalue weighted by Gasteiger charge is -2.60. The van der Waals surface area contributed by atoms with Crippen molar-refractivity contribution < 1.29 is 38.8 Å². The summed E-state index contributed by atoms with van der Waals surface area (Å²) < 4.78 is 17.7. The van der Waals surface area contributed by atoms with Crippen molar-refractivity contribution in [1.29, 1.82) is 0 Å². The van der Waals surface area contributed by atoms with Gasteiger partial charge in [0.2, 0.25) is 0 Å². The Morgan fingerprint density at radius 3 is 2.18 bits per heavy atom. The molecule has 9 heteroatoms. The summed E-state index contributed by atoms with van der Waals surface area (Å²) in [5.41, 5.74) is -0.438. The summed E-state index contributed by atoms with van der Waals surface area (Å²) in [5, 5.41) is 24.5. The summed E-state index contributed by atoms with van der Waals surface area (Å²) in [4.78, 5) is 39.9. The average Bonchev–Trinajstić information content (AvgIpc) is 2.92. The van der Waals surface area contributed by atoms with Crippen LogP contribution in [0.25, 0.3) is 0 Å². The Hall–Kier alpha value is -3.01. The molecule has 0 amide bonds. The first-order chi connectivity index (χ1) is 20.4. The van der Waals surface area contributed by atoms with Crippen molar-refractivity contribution in [2.75, 3.05) is 14.1 Å². The first-order valence-electron chi connectivity index (χ1n) is 15.5. The van der Waals surface area contributed by atoms with Crippen LogP contribution in [0.15, 0.2) is 53.6 Å². The number of hydrogen-bond donors (Lipinski definition) is 2. The normalized spacial score (nSPS) is 33.9. The van der Waals surface area contributed by atoms with Gasteiger partial charge >= 0.3 is 17.9 Å². The Labute approximate surface area is 261 Å². The minimum Gasteiger partial charge on any atom is -0.459 e. The van der Waals surface area contributed by atoms with E-state index in [0.717, 1.165) is 5.56 Å². The van der Waals surface area contributed by atoms with Crippen LogP contribution < -0.4 is 0 Å². The van der Waals surface area contributed by atoms with Crippen molar-refractivity contribution in [3.05, 3.63) is 59.2 Å². The fourth-order valence-electron chi connectivity index (χ4n) is 8.06. The molecular formula is C35H49NO8. The third-order valence-corrected chi connectivity index (χ3v) is 10.7. The average molecular weight is 612 g/mol. The smallest absolute Gasteiger partial charge is 0.308 e. The fourth-order valence-corrected chi connectivity index (χ4v) is 8.06. The van der Waals surface area contributed by atoms with Crippen molar-refractivity contribution in [2.45, 2.75) is 110 Å². The van der Waals surface area contributed by atoms with Gasteiger partial charge in [0.05, 0.1) is 12.0 Å². The van der Waals surface area contributed by atoms with Gasteiger partial charge in [-0.2, -0.15) is 0 Å². The topological polar surface area (TPSA) is 123 Å². The van der Waals surface area contributed by atoms with Crippen LogP contribution in [0.4, 0.5) is 0 Å². The van der Waals surface area contributed by atoms with E-state index in [1.54, 1.807) is 6.92 Å². The molecule has 1 aromatic rings. The maximum atomic E-state index is 13.4. The van der Waals surface area contributed by atoms with Crippen LogP contribution in [0.3, 0.4) is 0 Å². The summed E-state index contributed by atoms with van der Waals surface area (Å²) in [6, 6.07) is 9.61. The molecular weight excluding hydrogens is 562 g/mol. The molecule has 0 heterocycles. The van der Waals surface area contributed by atoms with Gasteiger partial charge in [-0.3, -0.25) is 14.4 Å². The monoisotopic (exact) mass is 611 g/mol. The number of rotatable bonds is 7. The standard InChI is InChI=1S/C35H49NO8/c1-20-25-18-35(41)19-28(42-22(3)37)21(2)30(33(35,5)6)31(40)32(43-23(4)38)34(25,7)16-15-27(20)44-29(39)17-26(36(8)9)24-13-11-10-12-14-24/h10-14,25-28,31-32,40-41H,1,15-19H2,2-9H3/t25-,26?,27+,28+,31-,32+,34-,35+/m1/s1. The van der Waals surface area contributed by atoms with Crippen molar-refractivity contribution in [3.63, 3.8) is 0 Å². The van der Waals surface area contributed by atoms with Gasteiger partial charge in [0, 0.05) is 37.1 Å². The first-order valence-corrected chi connectivity index (χ1v) is 15.5. The van der Waals surface area contributed by atoms with E-state index in [1.165, 1.54) is 13.8 Å². The Balaban J connectivity index is 1.71. The van der Waals surface area contributed by atoms with Crippen LogP contribution in [-0.4, -0.2) is 77.1 Å². The molecule has 4 rings (SSSR count). The fraction of sp³-hybridized carbons (Fsp3) is 0.629. The molecule has 8 atom stereocenters. The van der Waals surface area contributed by atoms with Crippen molar-refractivity contribution in [3.8, 4) is 0 Å². The van der Waals surface area contributed by atoms with E-state index in [9.17, 15) is 24.6 Å². The molecule has 242 valence electrons. The first kappa shape index (κ1) is 33.9. The molecule has 44 heavy (non-hydrogen) atoms. The molecule has 3 aliphatic carbocycles. The lowest BCUT2D eigenvalue weighted by Crippen LogP contribution is -2.64. The van der Waals surface area contributed by atoms with E-state index in [-0.39, 0.29) is 31.3 Å². The van der Waals surface area contributed by atoms with Crippen molar-refractivity contribution in [2.24, 2.45) is 16.7 Å². The largest absolute Gasteiger partial charge is 0.459 e. The van der Waals surface area contributed by atoms with Crippen molar-refractivity contribution >= 4 is 17.9 Å². The number of ether oxygens (including phenoxy) is 3. The molecule has 0 saturated heterocycles.